The van der Waals surface area contributed by atoms with Gasteiger partial charge in [0.05, 0.1) is 13.2 Å². The summed E-state index contributed by atoms with van der Waals surface area (Å²) in [5.74, 6) is 1.21. The molecule has 2 aromatic carbocycles. The largest absolute Gasteiger partial charge is 0.496 e. The zero-order valence-electron chi connectivity index (χ0n) is 9.89. The Morgan fingerprint density at radius 1 is 1.18 bits per heavy atom. The molecule has 2 nitrogen and oxygen atoms in total. The van der Waals surface area contributed by atoms with E-state index in [9.17, 15) is 5.11 Å². The summed E-state index contributed by atoms with van der Waals surface area (Å²) in [4.78, 5) is 0. The molecule has 17 heavy (non-hydrogen) atoms. The number of rotatable bonds is 3. The summed E-state index contributed by atoms with van der Waals surface area (Å²) < 4.78 is 5.39. The van der Waals surface area contributed by atoms with Gasteiger partial charge in [0.2, 0.25) is 0 Å². The zero-order valence-corrected chi connectivity index (χ0v) is 9.89. The second-order valence-electron chi connectivity index (χ2n) is 4.68. The molecule has 0 amide bonds. The van der Waals surface area contributed by atoms with Gasteiger partial charge in [0.15, 0.2) is 0 Å². The third-order valence-electron chi connectivity index (χ3n) is 3.51. The average Bonchev–Trinajstić information content (AvgIpc) is 3.20. The van der Waals surface area contributed by atoms with Gasteiger partial charge in [-0.05, 0) is 35.6 Å². The van der Waals surface area contributed by atoms with E-state index in [-0.39, 0.29) is 0 Å². The van der Waals surface area contributed by atoms with Crippen LogP contribution in [0.2, 0.25) is 0 Å². The number of ether oxygens (including phenoxy) is 1. The van der Waals surface area contributed by atoms with Crippen LogP contribution in [0.15, 0.2) is 36.4 Å². The molecular formula is C15H16O2. The maximum Gasteiger partial charge on any atom is 0.125 e. The van der Waals surface area contributed by atoms with Crippen molar-refractivity contribution in [2.75, 3.05) is 7.11 Å². The summed E-state index contributed by atoms with van der Waals surface area (Å²) in [6.45, 7) is 0. The highest BCUT2D eigenvalue weighted by Crippen LogP contribution is 2.45. The number of hydrogen-bond donors (Lipinski definition) is 1. The van der Waals surface area contributed by atoms with Crippen molar-refractivity contribution in [2.45, 2.75) is 18.9 Å². The Balaban J connectivity index is 2.22. The predicted octanol–water partition coefficient (Wildman–Crippen LogP) is 3.29. The van der Waals surface area contributed by atoms with Crippen molar-refractivity contribution in [3.05, 3.63) is 42.0 Å². The zero-order chi connectivity index (χ0) is 11.8. The summed E-state index contributed by atoms with van der Waals surface area (Å²) >= 11 is 0. The first-order valence-corrected chi connectivity index (χ1v) is 6.05. The van der Waals surface area contributed by atoms with Gasteiger partial charge in [-0.15, -0.1) is 0 Å². The maximum absolute atomic E-state index is 10.4. The molecule has 0 spiro atoms. The second kappa shape index (κ2) is 4.04. The molecule has 1 unspecified atom stereocenters. The molecule has 0 aliphatic heterocycles. The van der Waals surface area contributed by atoms with Crippen LogP contribution in [-0.2, 0) is 0 Å². The van der Waals surface area contributed by atoms with Gasteiger partial charge in [0.1, 0.15) is 5.75 Å². The highest BCUT2D eigenvalue weighted by molar-refractivity contribution is 5.88. The van der Waals surface area contributed by atoms with E-state index >= 15 is 0 Å². The molecule has 1 saturated carbocycles. The molecule has 0 bridgehead atoms. The molecule has 2 heteroatoms. The van der Waals surface area contributed by atoms with Gasteiger partial charge in [-0.3, -0.25) is 0 Å². The predicted molar refractivity (Wildman–Crippen MR) is 68.2 cm³/mol. The van der Waals surface area contributed by atoms with Gasteiger partial charge < -0.3 is 9.84 Å². The van der Waals surface area contributed by atoms with Gasteiger partial charge in [-0.25, -0.2) is 0 Å². The van der Waals surface area contributed by atoms with Crippen LogP contribution >= 0.6 is 0 Å². The van der Waals surface area contributed by atoms with Crippen LogP contribution < -0.4 is 4.74 Å². The molecular weight excluding hydrogens is 212 g/mol. The molecule has 1 aliphatic rings. The number of benzene rings is 2. The van der Waals surface area contributed by atoms with Gasteiger partial charge >= 0.3 is 0 Å². The van der Waals surface area contributed by atoms with E-state index in [1.54, 1.807) is 7.11 Å². The first kappa shape index (κ1) is 10.6. The van der Waals surface area contributed by atoms with Gasteiger partial charge in [0.25, 0.3) is 0 Å². The van der Waals surface area contributed by atoms with E-state index in [0.29, 0.717) is 5.92 Å². The normalized spacial score (nSPS) is 17.1. The molecule has 0 radical (unpaired) electrons. The number of aliphatic hydroxyl groups excluding tert-OH is 1. The van der Waals surface area contributed by atoms with Gasteiger partial charge in [0, 0.05) is 5.56 Å². The lowest BCUT2D eigenvalue weighted by molar-refractivity contribution is 0.151. The highest BCUT2D eigenvalue weighted by atomic mass is 16.5. The van der Waals surface area contributed by atoms with Crippen LogP contribution in [0.4, 0.5) is 0 Å². The number of aliphatic hydroxyl groups is 1. The minimum absolute atomic E-state index is 0.393. The summed E-state index contributed by atoms with van der Waals surface area (Å²) in [7, 11) is 1.66. The fourth-order valence-corrected chi connectivity index (χ4v) is 2.41. The number of hydrogen-bond acceptors (Lipinski definition) is 2. The van der Waals surface area contributed by atoms with Crippen LogP contribution in [0.3, 0.4) is 0 Å². The van der Waals surface area contributed by atoms with Crippen LogP contribution in [0.25, 0.3) is 10.8 Å². The van der Waals surface area contributed by atoms with Crippen molar-refractivity contribution in [3.8, 4) is 5.75 Å². The van der Waals surface area contributed by atoms with Crippen molar-refractivity contribution in [3.63, 3.8) is 0 Å². The minimum atomic E-state index is -0.393. The third kappa shape index (κ3) is 1.79. The Hall–Kier alpha value is -1.54. The third-order valence-corrected chi connectivity index (χ3v) is 3.51. The maximum atomic E-state index is 10.4. The van der Waals surface area contributed by atoms with E-state index in [4.69, 9.17) is 4.74 Å². The second-order valence-corrected chi connectivity index (χ2v) is 4.68. The molecule has 2 aromatic rings. The lowest BCUT2D eigenvalue weighted by atomic mass is 9.97. The minimum Gasteiger partial charge on any atom is -0.496 e. The SMILES string of the molecule is COc1ccc2ccccc2c1C(O)C1CC1. The van der Waals surface area contributed by atoms with Crippen molar-refractivity contribution in [1.82, 2.24) is 0 Å². The molecule has 0 heterocycles. The van der Waals surface area contributed by atoms with Crippen LogP contribution in [-0.4, -0.2) is 12.2 Å². The van der Waals surface area contributed by atoms with E-state index in [1.807, 2.05) is 24.3 Å². The summed E-state index contributed by atoms with van der Waals surface area (Å²) in [5.41, 5.74) is 0.952. The van der Waals surface area contributed by atoms with E-state index in [2.05, 4.69) is 12.1 Å². The Labute approximate surface area is 101 Å². The summed E-state index contributed by atoms with van der Waals surface area (Å²) in [5, 5.41) is 12.6. The molecule has 3 rings (SSSR count). The topological polar surface area (TPSA) is 29.5 Å². The Bertz CT molecular complexity index is 544. The molecule has 1 fully saturated rings. The van der Waals surface area contributed by atoms with Crippen LogP contribution in [0, 0.1) is 5.92 Å². The lowest BCUT2D eigenvalue weighted by Gasteiger charge is -2.17. The number of fused-ring (bicyclic) bond motifs is 1. The molecule has 88 valence electrons. The Kier molecular flexibility index (Phi) is 2.52. The van der Waals surface area contributed by atoms with E-state index < -0.39 is 6.10 Å². The fourth-order valence-electron chi connectivity index (χ4n) is 2.41. The monoisotopic (exact) mass is 228 g/mol. The molecule has 0 saturated heterocycles. The van der Waals surface area contributed by atoms with Crippen molar-refractivity contribution < 1.29 is 9.84 Å². The van der Waals surface area contributed by atoms with Crippen molar-refractivity contribution in [1.29, 1.82) is 0 Å². The van der Waals surface area contributed by atoms with Gasteiger partial charge in [-0.1, -0.05) is 30.3 Å². The fraction of sp³-hybridized carbons (Fsp3) is 0.333. The smallest absolute Gasteiger partial charge is 0.125 e. The standard InChI is InChI=1S/C15H16O2/c1-17-13-9-8-10-4-2-3-5-12(10)14(13)15(16)11-6-7-11/h2-5,8-9,11,15-16H,6-7H2,1H3. The molecule has 1 N–H and O–H groups in total. The lowest BCUT2D eigenvalue weighted by Crippen LogP contribution is -2.03. The number of methoxy groups -OCH3 is 1. The van der Waals surface area contributed by atoms with Crippen LogP contribution in [0.1, 0.15) is 24.5 Å². The first-order chi connectivity index (χ1) is 8.31. The quantitative estimate of drug-likeness (QED) is 0.873. The first-order valence-electron chi connectivity index (χ1n) is 6.05. The highest BCUT2D eigenvalue weighted by Gasteiger charge is 2.33. The van der Waals surface area contributed by atoms with Gasteiger partial charge in [-0.2, -0.15) is 0 Å². The molecule has 1 atom stereocenters. The van der Waals surface area contributed by atoms with E-state index in [1.165, 1.54) is 0 Å². The Morgan fingerprint density at radius 3 is 2.65 bits per heavy atom. The van der Waals surface area contributed by atoms with Crippen molar-refractivity contribution in [2.24, 2.45) is 5.92 Å². The molecule has 1 aliphatic carbocycles. The Morgan fingerprint density at radius 2 is 1.94 bits per heavy atom. The summed E-state index contributed by atoms with van der Waals surface area (Å²) in [6.07, 6.45) is 1.84. The van der Waals surface area contributed by atoms with E-state index in [0.717, 1.165) is 34.9 Å². The van der Waals surface area contributed by atoms with Crippen molar-refractivity contribution >= 4 is 10.8 Å². The molecule has 0 aromatic heterocycles. The average molecular weight is 228 g/mol. The summed E-state index contributed by atoms with van der Waals surface area (Å²) in [6, 6.07) is 12.1. The van der Waals surface area contributed by atoms with Crippen LogP contribution in [0.5, 0.6) is 5.75 Å².